The fraction of sp³-hybridized carbons (Fsp3) is 0. The minimum absolute atomic E-state index is 0.0693. The highest BCUT2D eigenvalue weighted by Gasteiger charge is 2.12. The summed E-state index contributed by atoms with van der Waals surface area (Å²) in [7, 11) is 1.27. The maximum absolute atomic E-state index is 11.3. The van der Waals surface area contributed by atoms with Gasteiger partial charge in [-0.15, -0.1) is 0 Å². The summed E-state index contributed by atoms with van der Waals surface area (Å²) in [5.41, 5.74) is 2.90. The topological polar surface area (TPSA) is 72.0 Å². The highest BCUT2D eigenvalue weighted by Crippen LogP contribution is 2.25. The van der Waals surface area contributed by atoms with E-state index in [2.05, 4.69) is 14.7 Å². The van der Waals surface area contributed by atoms with Gasteiger partial charge in [0.25, 0.3) is 0 Å². The monoisotopic (exact) mass is 345 g/mol. The van der Waals surface area contributed by atoms with Gasteiger partial charge in [-0.25, -0.2) is 14.7 Å². The molecule has 0 saturated heterocycles. The van der Waals surface area contributed by atoms with Crippen LogP contribution >= 0.6 is 10.7 Å². The van der Waals surface area contributed by atoms with Crippen LogP contribution in [0.1, 0.15) is 0 Å². The number of aromatic nitrogens is 2. The van der Waals surface area contributed by atoms with E-state index in [-0.39, 0.29) is 5.95 Å². The van der Waals surface area contributed by atoms with E-state index in [1.165, 1.54) is 0 Å². The van der Waals surface area contributed by atoms with Crippen molar-refractivity contribution in [2.75, 3.05) is 4.72 Å². The third kappa shape index (κ3) is 4.06. The SMILES string of the molecule is O=S(=O)(Cl)Nc1nc(-c2ccccc2)cc(-c2ccccc2)n1. The van der Waals surface area contributed by atoms with Crippen LogP contribution in [0.3, 0.4) is 0 Å². The van der Waals surface area contributed by atoms with Crippen molar-refractivity contribution in [3.05, 3.63) is 66.7 Å². The number of rotatable bonds is 4. The van der Waals surface area contributed by atoms with Crippen LogP contribution in [0.15, 0.2) is 66.7 Å². The van der Waals surface area contributed by atoms with Gasteiger partial charge in [-0.2, -0.15) is 8.42 Å². The molecule has 1 aromatic heterocycles. The van der Waals surface area contributed by atoms with E-state index in [1.807, 2.05) is 60.7 Å². The first-order chi connectivity index (χ1) is 11.0. The standard InChI is InChI=1S/C16H12ClN3O2S/c17-23(21,22)20-16-18-14(12-7-3-1-4-8-12)11-15(19-16)13-9-5-2-6-10-13/h1-11H,(H,18,19,20). The second kappa shape index (κ2) is 6.36. The Hall–Kier alpha value is -2.44. The summed E-state index contributed by atoms with van der Waals surface area (Å²) in [6.07, 6.45) is 0. The zero-order chi connectivity index (χ0) is 16.3. The maximum Gasteiger partial charge on any atom is 0.321 e. The molecule has 0 aliphatic rings. The summed E-state index contributed by atoms with van der Waals surface area (Å²) in [6.45, 7) is 0. The molecule has 0 aliphatic carbocycles. The van der Waals surface area contributed by atoms with Gasteiger partial charge in [0.1, 0.15) is 0 Å². The van der Waals surface area contributed by atoms with E-state index in [1.54, 1.807) is 6.07 Å². The zero-order valence-electron chi connectivity index (χ0n) is 11.8. The Kier molecular flexibility index (Phi) is 4.27. The lowest BCUT2D eigenvalue weighted by Gasteiger charge is -2.08. The van der Waals surface area contributed by atoms with Crippen LogP contribution in [0.5, 0.6) is 0 Å². The molecule has 7 heteroatoms. The third-order valence-electron chi connectivity index (χ3n) is 3.08. The van der Waals surface area contributed by atoms with Crippen LogP contribution in [0.2, 0.25) is 0 Å². The highest BCUT2D eigenvalue weighted by atomic mass is 35.7. The quantitative estimate of drug-likeness (QED) is 0.732. The molecule has 0 spiro atoms. The summed E-state index contributed by atoms with van der Waals surface area (Å²) in [4.78, 5) is 8.46. The van der Waals surface area contributed by atoms with Crippen LogP contribution in [0, 0.1) is 0 Å². The van der Waals surface area contributed by atoms with Crippen LogP contribution in [-0.4, -0.2) is 18.4 Å². The Bertz CT molecular complexity index is 859. The van der Waals surface area contributed by atoms with Crippen molar-refractivity contribution in [3.63, 3.8) is 0 Å². The molecule has 0 atom stereocenters. The number of benzene rings is 2. The average Bonchev–Trinajstić information content (AvgIpc) is 2.55. The van der Waals surface area contributed by atoms with Crippen LogP contribution < -0.4 is 4.72 Å². The predicted molar refractivity (Wildman–Crippen MR) is 91.3 cm³/mol. The van der Waals surface area contributed by atoms with Crippen molar-refractivity contribution in [1.82, 2.24) is 9.97 Å². The van der Waals surface area contributed by atoms with Crippen molar-refractivity contribution >= 4 is 25.9 Å². The molecule has 116 valence electrons. The number of hydrogen-bond donors (Lipinski definition) is 1. The van der Waals surface area contributed by atoms with Gasteiger partial charge >= 0.3 is 9.24 Å². The van der Waals surface area contributed by atoms with Crippen molar-refractivity contribution in [2.45, 2.75) is 0 Å². The molecule has 1 N–H and O–H groups in total. The fourth-order valence-electron chi connectivity index (χ4n) is 2.12. The van der Waals surface area contributed by atoms with E-state index >= 15 is 0 Å². The number of nitrogens with one attached hydrogen (secondary N) is 1. The van der Waals surface area contributed by atoms with Gasteiger partial charge in [0.2, 0.25) is 5.95 Å². The fourth-order valence-corrected chi connectivity index (χ4v) is 2.63. The zero-order valence-corrected chi connectivity index (χ0v) is 13.4. The molecule has 0 fully saturated rings. The molecule has 0 aliphatic heterocycles. The molecule has 2 aromatic carbocycles. The van der Waals surface area contributed by atoms with Crippen molar-refractivity contribution in [3.8, 4) is 22.5 Å². The van der Waals surface area contributed by atoms with E-state index in [4.69, 9.17) is 10.7 Å². The highest BCUT2D eigenvalue weighted by molar-refractivity contribution is 8.14. The van der Waals surface area contributed by atoms with E-state index in [0.29, 0.717) is 11.4 Å². The molecular formula is C16H12ClN3O2S. The van der Waals surface area contributed by atoms with E-state index in [0.717, 1.165) is 11.1 Å². The molecule has 0 saturated carbocycles. The predicted octanol–water partition coefficient (Wildman–Crippen LogP) is 3.71. The first-order valence-corrected chi connectivity index (χ1v) is 9.04. The molecular weight excluding hydrogens is 334 g/mol. The van der Waals surface area contributed by atoms with E-state index < -0.39 is 9.24 Å². The number of nitrogens with zero attached hydrogens (tertiary/aromatic N) is 2. The smallest absolute Gasteiger partial charge is 0.238 e. The molecule has 0 amide bonds. The number of hydrogen-bond acceptors (Lipinski definition) is 4. The molecule has 3 aromatic rings. The number of halogens is 1. The molecule has 23 heavy (non-hydrogen) atoms. The first kappa shape index (κ1) is 15.5. The van der Waals surface area contributed by atoms with Gasteiger partial charge in [-0.3, -0.25) is 0 Å². The van der Waals surface area contributed by atoms with Crippen LogP contribution in [-0.2, 0) is 9.24 Å². The molecule has 0 bridgehead atoms. The Morgan fingerprint density at radius 3 is 1.61 bits per heavy atom. The Balaban J connectivity index is 2.15. The second-order valence-corrected chi connectivity index (χ2v) is 7.03. The largest absolute Gasteiger partial charge is 0.321 e. The molecule has 0 radical (unpaired) electrons. The van der Waals surface area contributed by atoms with Crippen molar-refractivity contribution in [1.29, 1.82) is 0 Å². The molecule has 0 unspecified atom stereocenters. The van der Waals surface area contributed by atoms with Gasteiger partial charge in [-0.1, -0.05) is 60.7 Å². The van der Waals surface area contributed by atoms with Gasteiger partial charge in [0, 0.05) is 21.8 Å². The maximum atomic E-state index is 11.3. The first-order valence-electron chi connectivity index (χ1n) is 6.73. The lowest BCUT2D eigenvalue weighted by atomic mass is 10.1. The second-order valence-electron chi connectivity index (χ2n) is 4.73. The van der Waals surface area contributed by atoms with Gasteiger partial charge in [0.05, 0.1) is 11.4 Å². The normalized spacial score (nSPS) is 11.2. The van der Waals surface area contributed by atoms with Gasteiger partial charge < -0.3 is 0 Å². The molecule has 3 rings (SSSR count). The molecule has 5 nitrogen and oxygen atoms in total. The van der Waals surface area contributed by atoms with Gasteiger partial charge in [-0.05, 0) is 6.07 Å². The summed E-state index contributed by atoms with van der Waals surface area (Å²) < 4.78 is 24.7. The Morgan fingerprint density at radius 2 is 1.22 bits per heavy atom. The van der Waals surface area contributed by atoms with Crippen LogP contribution in [0.25, 0.3) is 22.5 Å². The minimum atomic E-state index is -3.98. The number of anilines is 1. The third-order valence-corrected chi connectivity index (χ3v) is 3.74. The lowest BCUT2D eigenvalue weighted by Crippen LogP contribution is -2.09. The van der Waals surface area contributed by atoms with Gasteiger partial charge in [0.15, 0.2) is 0 Å². The Labute approximate surface area is 138 Å². The van der Waals surface area contributed by atoms with Crippen molar-refractivity contribution < 1.29 is 8.42 Å². The summed E-state index contributed by atoms with van der Waals surface area (Å²) in [5, 5.41) is 0. The minimum Gasteiger partial charge on any atom is -0.238 e. The van der Waals surface area contributed by atoms with E-state index in [9.17, 15) is 8.42 Å². The summed E-state index contributed by atoms with van der Waals surface area (Å²) in [6, 6.07) is 20.7. The van der Waals surface area contributed by atoms with Crippen LogP contribution in [0.4, 0.5) is 5.95 Å². The average molecular weight is 346 g/mol. The molecule has 1 heterocycles. The van der Waals surface area contributed by atoms with Crippen molar-refractivity contribution in [2.24, 2.45) is 0 Å². The summed E-state index contributed by atoms with van der Waals surface area (Å²) >= 11 is 0. The lowest BCUT2D eigenvalue weighted by molar-refractivity contribution is 0.614. The summed E-state index contributed by atoms with van der Waals surface area (Å²) in [5.74, 6) is -0.0693. The Morgan fingerprint density at radius 1 is 0.783 bits per heavy atom.